The second kappa shape index (κ2) is 4.92. The van der Waals surface area contributed by atoms with Gasteiger partial charge < -0.3 is 15.2 Å². The van der Waals surface area contributed by atoms with Crippen LogP contribution in [0.1, 0.15) is 12.0 Å². The van der Waals surface area contributed by atoms with E-state index in [0.717, 1.165) is 29.5 Å². The van der Waals surface area contributed by atoms with E-state index in [2.05, 4.69) is 4.98 Å². The molecule has 0 amide bonds. The number of benzene rings is 1. The molecule has 4 heteroatoms. The van der Waals surface area contributed by atoms with Crippen molar-refractivity contribution in [2.75, 3.05) is 13.2 Å². The van der Waals surface area contributed by atoms with Crippen molar-refractivity contribution in [3.05, 3.63) is 35.9 Å². The van der Waals surface area contributed by atoms with E-state index < -0.39 is 0 Å². The predicted octanol–water partition coefficient (Wildman–Crippen LogP) is 1.86. The molecule has 2 heterocycles. The van der Waals surface area contributed by atoms with Gasteiger partial charge in [0, 0.05) is 23.9 Å². The summed E-state index contributed by atoms with van der Waals surface area (Å²) >= 11 is 0. The SMILES string of the molecule is NCc1cc2ccccc2nc1OC1CCOC1. The number of fused-ring (bicyclic) bond motifs is 1. The lowest BCUT2D eigenvalue weighted by molar-refractivity contribution is 0.137. The van der Waals surface area contributed by atoms with Gasteiger partial charge in [-0.05, 0) is 12.1 Å². The number of hydrogen-bond donors (Lipinski definition) is 1. The Hall–Kier alpha value is -1.65. The van der Waals surface area contributed by atoms with Crippen LogP contribution in [0, 0.1) is 0 Å². The van der Waals surface area contributed by atoms with Crippen molar-refractivity contribution < 1.29 is 9.47 Å². The lowest BCUT2D eigenvalue weighted by atomic mass is 10.1. The zero-order valence-corrected chi connectivity index (χ0v) is 10.1. The Labute approximate surface area is 106 Å². The quantitative estimate of drug-likeness (QED) is 0.895. The van der Waals surface area contributed by atoms with Crippen molar-refractivity contribution in [1.82, 2.24) is 4.98 Å². The maximum Gasteiger partial charge on any atom is 0.218 e. The number of pyridine rings is 1. The number of hydrogen-bond acceptors (Lipinski definition) is 4. The van der Waals surface area contributed by atoms with Gasteiger partial charge in [-0.1, -0.05) is 18.2 Å². The predicted molar refractivity (Wildman–Crippen MR) is 69.5 cm³/mol. The molecule has 1 saturated heterocycles. The molecule has 2 aromatic rings. The third kappa shape index (κ3) is 2.17. The molecular weight excluding hydrogens is 228 g/mol. The first kappa shape index (κ1) is 11.4. The number of nitrogens with zero attached hydrogens (tertiary/aromatic N) is 1. The lowest BCUT2D eigenvalue weighted by Crippen LogP contribution is -2.18. The van der Waals surface area contributed by atoms with Gasteiger partial charge in [-0.25, -0.2) is 4.98 Å². The fourth-order valence-corrected chi connectivity index (χ4v) is 2.15. The Kier molecular flexibility index (Phi) is 3.13. The topological polar surface area (TPSA) is 57.4 Å². The third-order valence-electron chi connectivity index (χ3n) is 3.15. The first-order valence-corrected chi connectivity index (χ1v) is 6.20. The fourth-order valence-electron chi connectivity index (χ4n) is 2.15. The number of para-hydroxylation sites is 1. The Morgan fingerprint density at radius 1 is 1.39 bits per heavy atom. The van der Waals surface area contributed by atoms with E-state index in [1.165, 1.54) is 0 Å². The number of ether oxygens (including phenoxy) is 2. The fraction of sp³-hybridized carbons (Fsp3) is 0.357. The van der Waals surface area contributed by atoms with Crippen LogP contribution >= 0.6 is 0 Å². The molecule has 1 aliphatic rings. The maximum atomic E-state index is 5.89. The van der Waals surface area contributed by atoms with Gasteiger partial charge in [0.2, 0.25) is 5.88 Å². The number of rotatable bonds is 3. The molecule has 1 atom stereocenters. The van der Waals surface area contributed by atoms with Crippen molar-refractivity contribution in [3.63, 3.8) is 0 Å². The minimum atomic E-state index is 0.101. The summed E-state index contributed by atoms with van der Waals surface area (Å²) in [7, 11) is 0. The van der Waals surface area contributed by atoms with Crippen LogP contribution in [-0.2, 0) is 11.3 Å². The summed E-state index contributed by atoms with van der Waals surface area (Å²) in [6.45, 7) is 1.83. The highest BCUT2D eigenvalue weighted by Gasteiger charge is 2.19. The van der Waals surface area contributed by atoms with Crippen molar-refractivity contribution >= 4 is 10.9 Å². The van der Waals surface area contributed by atoms with E-state index >= 15 is 0 Å². The van der Waals surface area contributed by atoms with E-state index in [9.17, 15) is 0 Å². The summed E-state index contributed by atoms with van der Waals surface area (Å²) in [6.07, 6.45) is 1.02. The smallest absolute Gasteiger partial charge is 0.218 e. The zero-order chi connectivity index (χ0) is 12.4. The Morgan fingerprint density at radius 3 is 3.06 bits per heavy atom. The number of aromatic nitrogens is 1. The van der Waals surface area contributed by atoms with Gasteiger partial charge >= 0.3 is 0 Å². The van der Waals surface area contributed by atoms with E-state index in [0.29, 0.717) is 19.0 Å². The minimum absolute atomic E-state index is 0.101. The van der Waals surface area contributed by atoms with Crippen LogP contribution in [0.3, 0.4) is 0 Å². The lowest BCUT2D eigenvalue weighted by Gasteiger charge is -2.14. The van der Waals surface area contributed by atoms with E-state index in [1.54, 1.807) is 0 Å². The molecule has 18 heavy (non-hydrogen) atoms. The van der Waals surface area contributed by atoms with Gasteiger partial charge in [-0.3, -0.25) is 0 Å². The van der Waals surface area contributed by atoms with Gasteiger partial charge in [0.15, 0.2) is 0 Å². The molecule has 1 unspecified atom stereocenters. The number of nitrogens with two attached hydrogens (primary N) is 1. The van der Waals surface area contributed by atoms with Crippen molar-refractivity contribution in [2.24, 2.45) is 5.73 Å². The monoisotopic (exact) mass is 244 g/mol. The average molecular weight is 244 g/mol. The summed E-state index contributed by atoms with van der Waals surface area (Å²) in [5.74, 6) is 0.645. The van der Waals surface area contributed by atoms with Crippen LogP contribution in [0.4, 0.5) is 0 Å². The van der Waals surface area contributed by atoms with Crippen LogP contribution in [0.5, 0.6) is 5.88 Å². The van der Waals surface area contributed by atoms with E-state index in [4.69, 9.17) is 15.2 Å². The van der Waals surface area contributed by atoms with Crippen molar-refractivity contribution in [2.45, 2.75) is 19.1 Å². The summed E-state index contributed by atoms with van der Waals surface area (Å²) in [5.41, 5.74) is 7.64. The molecule has 0 aliphatic carbocycles. The van der Waals surface area contributed by atoms with Crippen LogP contribution in [0.2, 0.25) is 0 Å². The van der Waals surface area contributed by atoms with Gasteiger partial charge in [0.25, 0.3) is 0 Å². The maximum absolute atomic E-state index is 5.89. The third-order valence-corrected chi connectivity index (χ3v) is 3.15. The van der Waals surface area contributed by atoms with Crippen LogP contribution in [-0.4, -0.2) is 24.3 Å². The van der Waals surface area contributed by atoms with Gasteiger partial charge in [0.1, 0.15) is 6.10 Å². The molecule has 94 valence electrons. The van der Waals surface area contributed by atoms with E-state index in [1.807, 2.05) is 30.3 Å². The molecule has 0 bridgehead atoms. The summed E-state index contributed by atoms with van der Waals surface area (Å²) in [6, 6.07) is 10.0. The summed E-state index contributed by atoms with van der Waals surface area (Å²) in [4.78, 5) is 4.55. The molecule has 1 aromatic heterocycles. The molecule has 4 nitrogen and oxygen atoms in total. The second-order valence-corrected chi connectivity index (χ2v) is 4.45. The first-order valence-electron chi connectivity index (χ1n) is 6.20. The molecule has 0 saturated carbocycles. The molecule has 1 fully saturated rings. The van der Waals surface area contributed by atoms with Gasteiger partial charge in [-0.2, -0.15) is 0 Å². The van der Waals surface area contributed by atoms with Gasteiger partial charge in [-0.15, -0.1) is 0 Å². The Bertz CT molecular complexity index is 550. The van der Waals surface area contributed by atoms with Crippen LogP contribution in [0.25, 0.3) is 10.9 Å². The molecule has 3 rings (SSSR count). The molecule has 1 aromatic carbocycles. The summed E-state index contributed by atoms with van der Waals surface area (Å²) < 4.78 is 11.2. The highest BCUT2D eigenvalue weighted by molar-refractivity contribution is 5.80. The molecule has 2 N–H and O–H groups in total. The van der Waals surface area contributed by atoms with Crippen LogP contribution < -0.4 is 10.5 Å². The largest absolute Gasteiger partial charge is 0.472 e. The highest BCUT2D eigenvalue weighted by Crippen LogP contribution is 2.24. The minimum Gasteiger partial charge on any atom is -0.472 e. The van der Waals surface area contributed by atoms with Crippen molar-refractivity contribution in [1.29, 1.82) is 0 Å². The molecule has 0 radical (unpaired) electrons. The summed E-state index contributed by atoms with van der Waals surface area (Å²) in [5, 5.41) is 1.09. The van der Waals surface area contributed by atoms with Gasteiger partial charge in [0.05, 0.1) is 18.7 Å². The average Bonchev–Trinajstić information content (AvgIpc) is 2.91. The normalized spacial score (nSPS) is 19.3. The standard InChI is InChI=1S/C14H16N2O2/c15-8-11-7-10-3-1-2-4-13(10)16-14(11)18-12-5-6-17-9-12/h1-4,7,12H,5-6,8-9,15H2. The Morgan fingerprint density at radius 2 is 2.28 bits per heavy atom. The molecular formula is C14H16N2O2. The second-order valence-electron chi connectivity index (χ2n) is 4.45. The molecule has 1 aliphatic heterocycles. The highest BCUT2D eigenvalue weighted by atomic mass is 16.5. The van der Waals surface area contributed by atoms with Crippen molar-refractivity contribution in [3.8, 4) is 5.88 Å². The van der Waals surface area contributed by atoms with E-state index in [-0.39, 0.29) is 6.10 Å². The zero-order valence-electron chi connectivity index (χ0n) is 10.1. The Balaban J connectivity index is 1.97. The molecule has 0 spiro atoms. The first-order chi connectivity index (χ1) is 8.86. The van der Waals surface area contributed by atoms with Crippen LogP contribution in [0.15, 0.2) is 30.3 Å².